The lowest BCUT2D eigenvalue weighted by Crippen LogP contribution is -2.38. The number of nitrogens with zero attached hydrogens (tertiary/aromatic N) is 5. The maximum Gasteiger partial charge on any atom is 0.228 e. The van der Waals surface area contributed by atoms with Crippen LogP contribution in [0.4, 0.5) is 0 Å². The normalized spacial score (nSPS) is 18.8. The number of aromatic nitrogens is 3. The van der Waals surface area contributed by atoms with Crippen LogP contribution in [0.25, 0.3) is 0 Å². The van der Waals surface area contributed by atoms with E-state index in [1.54, 1.807) is 16.2 Å². The third-order valence-corrected chi connectivity index (χ3v) is 4.73. The second-order valence-electron chi connectivity index (χ2n) is 5.96. The molecule has 0 bridgehead atoms. The van der Waals surface area contributed by atoms with Crippen molar-refractivity contribution in [1.29, 1.82) is 0 Å². The van der Waals surface area contributed by atoms with Gasteiger partial charge in [-0.25, -0.2) is 4.98 Å². The summed E-state index contributed by atoms with van der Waals surface area (Å²) >= 11 is 1.67. The molecule has 7 heteroatoms. The van der Waals surface area contributed by atoms with E-state index >= 15 is 0 Å². The van der Waals surface area contributed by atoms with Crippen LogP contribution < -0.4 is 0 Å². The molecule has 2 aromatic rings. The van der Waals surface area contributed by atoms with E-state index in [-0.39, 0.29) is 11.8 Å². The Kier molecular flexibility index (Phi) is 4.26. The molecule has 22 heavy (non-hydrogen) atoms. The van der Waals surface area contributed by atoms with Crippen molar-refractivity contribution in [3.05, 3.63) is 34.0 Å². The number of hydrogen-bond acceptors (Lipinski definition) is 5. The highest BCUT2D eigenvalue weighted by atomic mass is 32.1. The van der Waals surface area contributed by atoms with E-state index in [1.807, 2.05) is 38.0 Å². The Labute approximate surface area is 134 Å². The lowest BCUT2D eigenvalue weighted by Gasteiger charge is -2.24. The summed E-state index contributed by atoms with van der Waals surface area (Å²) in [5.74, 6) is 0.0821. The molecule has 1 atom stereocenters. The first-order valence-electron chi connectivity index (χ1n) is 7.38. The Morgan fingerprint density at radius 3 is 2.95 bits per heavy atom. The summed E-state index contributed by atoms with van der Waals surface area (Å²) in [6.45, 7) is 4.97. The van der Waals surface area contributed by atoms with Crippen LogP contribution in [-0.2, 0) is 24.4 Å². The largest absolute Gasteiger partial charge is 0.348 e. The first-order valence-corrected chi connectivity index (χ1v) is 8.26. The van der Waals surface area contributed by atoms with Crippen LogP contribution in [0.2, 0.25) is 0 Å². The number of fused-ring (bicyclic) bond motifs is 1. The fourth-order valence-electron chi connectivity index (χ4n) is 2.88. The van der Waals surface area contributed by atoms with Gasteiger partial charge in [0, 0.05) is 45.3 Å². The van der Waals surface area contributed by atoms with Crippen LogP contribution in [-0.4, -0.2) is 51.1 Å². The number of hydrogen-bond donors (Lipinski definition) is 0. The molecule has 0 radical (unpaired) electrons. The van der Waals surface area contributed by atoms with E-state index in [0.717, 1.165) is 36.0 Å². The van der Waals surface area contributed by atoms with Gasteiger partial charge in [-0.15, -0.1) is 11.3 Å². The molecular weight excluding hydrogens is 298 g/mol. The first kappa shape index (κ1) is 15.2. The minimum atomic E-state index is -0.0733. The van der Waals surface area contributed by atoms with Crippen molar-refractivity contribution in [2.45, 2.75) is 26.6 Å². The highest BCUT2D eigenvalue weighted by Crippen LogP contribution is 2.20. The molecule has 0 saturated carbocycles. The maximum atomic E-state index is 12.4. The number of thiazole rings is 1. The fourth-order valence-corrected chi connectivity index (χ4v) is 3.49. The van der Waals surface area contributed by atoms with Gasteiger partial charge in [-0.05, 0) is 13.0 Å². The van der Waals surface area contributed by atoms with Crippen LogP contribution in [0.1, 0.15) is 16.4 Å². The van der Waals surface area contributed by atoms with Crippen molar-refractivity contribution in [3.63, 3.8) is 0 Å². The number of rotatable bonds is 3. The zero-order chi connectivity index (χ0) is 15.7. The molecule has 0 saturated heterocycles. The number of carbonyl (C=O) groups excluding carboxylic acids is 1. The minimum absolute atomic E-state index is 0.0733. The summed E-state index contributed by atoms with van der Waals surface area (Å²) in [6.07, 6.45) is 1.81. The second kappa shape index (κ2) is 6.18. The number of amides is 1. The van der Waals surface area contributed by atoms with E-state index in [9.17, 15) is 4.79 Å². The molecule has 3 rings (SSSR count). The van der Waals surface area contributed by atoms with E-state index in [1.165, 1.54) is 0 Å². The highest BCUT2D eigenvalue weighted by Gasteiger charge is 2.28. The molecule has 6 nitrogen and oxygen atoms in total. The molecule has 1 aliphatic rings. The highest BCUT2D eigenvalue weighted by molar-refractivity contribution is 7.09. The van der Waals surface area contributed by atoms with Crippen LogP contribution in [0.15, 0.2) is 17.6 Å². The fraction of sp³-hybridized carbons (Fsp3) is 0.533. The lowest BCUT2D eigenvalue weighted by atomic mass is 10.1. The predicted octanol–water partition coefficient (Wildman–Crippen LogP) is 1.37. The molecule has 0 fully saturated rings. The van der Waals surface area contributed by atoms with Crippen LogP contribution in [0.5, 0.6) is 0 Å². The summed E-state index contributed by atoms with van der Waals surface area (Å²) in [5, 5.41) is 7.54. The van der Waals surface area contributed by atoms with Crippen LogP contribution in [0.3, 0.4) is 0 Å². The predicted molar refractivity (Wildman–Crippen MR) is 85.4 cm³/mol. The number of aryl methyl sites for hydroxylation is 1. The van der Waals surface area contributed by atoms with Crippen LogP contribution in [0, 0.1) is 12.8 Å². The SMILES string of the molecule is Cc1nc(CN2Cc3ccnn3C[C@H](C(=O)N(C)C)C2)cs1. The molecule has 3 heterocycles. The first-order chi connectivity index (χ1) is 10.5. The van der Waals surface area contributed by atoms with Gasteiger partial charge < -0.3 is 4.90 Å². The third-order valence-electron chi connectivity index (χ3n) is 3.90. The molecule has 0 N–H and O–H groups in total. The van der Waals surface area contributed by atoms with Crippen molar-refractivity contribution in [2.75, 3.05) is 20.6 Å². The van der Waals surface area contributed by atoms with Gasteiger partial charge in [0.25, 0.3) is 0 Å². The van der Waals surface area contributed by atoms with Crippen molar-refractivity contribution in [3.8, 4) is 0 Å². The zero-order valence-corrected chi connectivity index (χ0v) is 14.0. The van der Waals surface area contributed by atoms with E-state index in [2.05, 4.69) is 20.4 Å². The van der Waals surface area contributed by atoms with E-state index in [0.29, 0.717) is 6.54 Å². The molecular formula is C15H21N5OS. The van der Waals surface area contributed by atoms with Crippen molar-refractivity contribution < 1.29 is 4.79 Å². The lowest BCUT2D eigenvalue weighted by molar-refractivity contribution is -0.134. The molecule has 0 spiro atoms. The Morgan fingerprint density at radius 1 is 1.45 bits per heavy atom. The summed E-state index contributed by atoms with van der Waals surface area (Å²) in [4.78, 5) is 20.9. The van der Waals surface area contributed by atoms with Gasteiger partial charge >= 0.3 is 0 Å². The van der Waals surface area contributed by atoms with Gasteiger partial charge in [-0.2, -0.15) is 5.10 Å². The molecule has 1 aliphatic heterocycles. The summed E-state index contributed by atoms with van der Waals surface area (Å²) in [7, 11) is 3.62. The van der Waals surface area contributed by atoms with E-state index < -0.39 is 0 Å². The van der Waals surface area contributed by atoms with Crippen molar-refractivity contribution in [2.24, 2.45) is 5.92 Å². The van der Waals surface area contributed by atoms with Crippen molar-refractivity contribution in [1.82, 2.24) is 24.6 Å². The van der Waals surface area contributed by atoms with Gasteiger partial charge in [0.05, 0.1) is 28.9 Å². The van der Waals surface area contributed by atoms with Gasteiger partial charge in [-0.3, -0.25) is 14.4 Å². The zero-order valence-electron chi connectivity index (χ0n) is 13.2. The van der Waals surface area contributed by atoms with Crippen molar-refractivity contribution >= 4 is 17.2 Å². The second-order valence-corrected chi connectivity index (χ2v) is 7.02. The quantitative estimate of drug-likeness (QED) is 0.857. The monoisotopic (exact) mass is 319 g/mol. The molecule has 0 aliphatic carbocycles. The van der Waals surface area contributed by atoms with E-state index in [4.69, 9.17) is 0 Å². The Hall–Kier alpha value is -1.73. The minimum Gasteiger partial charge on any atom is -0.348 e. The maximum absolute atomic E-state index is 12.4. The third kappa shape index (κ3) is 3.20. The molecule has 1 amide bonds. The Balaban J connectivity index is 1.82. The molecule has 0 unspecified atom stereocenters. The number of carbonyl (C=O) groups is 1. The van der Waals surface area contributed by atoms with Crippen LogP contribution >= 0.6 is 11.3 Å². The smallest absolute Gasteiger partial charge is 0.228 e. The average molecular weight is 319 g/mol. The summed E-state index contributed by atoms with van der Waals surface area (Å²) < 4.78 is 1.96. The van der Waals surface area contributed by atoms with Gasteiger partial charge in [0.1, 0.15) is 0 Å². The van der Waals surface area contributed by atoms with Gasteiger partial charge in [-0.1, -0.05) is 0 Å². The molecule has 118 valence electrons. The van der Waals surface area contributed by atoms with Gasteiger partial charge in [0.15, 0.2) is 0 Å². The van der Waals surface area contributed by atoms with Gasteiger partial charge in [0.2, 0.25) is 5.91 Å². The topological polar surface area (TPSA) is 54.3 Å². The standard InChI is InChI=1S/C15H21N5OS/c1-11-17-13(10-22-11)8-19-6-12(15(21)18(2)3)7-20-14(9-19)4-5-16-20/h4-5,10,12H,6-9H2,1-3H3/t12-/m1/s1. The Morgan fingerprint density at radius 2 is 2.27 bits per heavy atom. The Bertz CT molecular complexity index is 662. The molecule has 0 aromatic carbocycles. The summed E-state index contributed by atoms with van der Waals surface area (Å²) in [5.41, 5.74) is 2.23. The summed E-state index contributed by atoms with van der Waals surface area (Å²) in [6, 6.07) is 2.03. The molecule has 2 aromatic heterocycles. The average Bonchev–Trinajstić information content (AvgIpc) is 3.03.